The Hall–Kier alpha value is -5.45. The van der Waals surface area contributed by atoms with Crippen LogP contribution in [0.2, 0.25) is 0 Å². The van der Waals surface area contributed by atoms with Crippen molar-refractivity contribution in [3.8, 4) is 0 Å². The highest BCUT2D eigenvalue weighted by Crippen LogP contribution is 2.11. The zero-order valence-electron chi connectivity index (χ0n) is 25.2. The number of aromatic nitrogens is 2. The normalized spacial score (nSPS) is 12.2. The average Bonchev–Trinajstić information content (AvgIpc) is 3.05. The van der Waals surface area contributed by atoms with Crippen LogP contribution in [0.3, 0.4) is 0 Å². The van der Waals surface area contributed by atoms with Crippen LogP contribution in [0, 0.1) is 0 Å². The van der Waals surface area contributed by atoms with Crippen LogP contribution >= 0.6 is 0 Å². The second kappa shape index (κ2) is 15.9. The Kier molecular flexibility index (Phi) is 11.4. The molecule has 4 N–H and O–H groups in total. The first-order chi connectivity index (χ1) is 21.7. The fraction of sp³-hybridized carbons (Fsp3) is 0.265. The van der Waals surface area contributed by atoms with Crippen LogP contribution in [-0.2, 0) is 32.1 Å². The van der Waals surface area contributed by atoms with Crippen LogP contribution in [0.25, 0.3) is 11.0 Å². The van der Waals surface area contributed by atoms with E-state index in [0.29, 0.717) is 11.0 Å². The molecule has 4 aromatic rings. The van der Waals surface area contributed by atoms with Crippen molar-refractivity contribution < 1.29 is 24.0 Å². The average molecular weight is 609 g/mol. The SMILES string of the molecule is CC(C)NC(=O)CC[C@H](NC(=O)[C@H](Cc1ccccc1)NC(=O)c1cnc2ccccc2n1)C(=O)C(=O)NCc1ccccc1. The number of para-hydroxylation sites is 2. The van der Waals surface area contributed by atoms with Gasteiger partial charge >= 0.3 is 0 Å². The molecule has 0 fully saturated rings. The van der Waals surface area contributed by atoms with Gasteiger partial charge in [0.1, 0.15) is 11.7 Å². The van der Waals surface area contributed by atoms with E-state index < -0.39 is 35.6 Å². The smallest absolute Gasteiger partial charge is 0.289 e. The lowest BCUT2D eigenvalue weighted by Crippen LogP contribution is -2.54. The summed E-state index contributed by atoms with van der Waals surface area (Å²) in [5.74, 6) is -3.46. The van der Waals surface area contributed by atoms with Gasteiger partial charge in [-0.05, 0) is 43.5 Å². The number of carbonyl (C=O) groups excluding carboxylic acids is 5. The summed E-state index contributed by atoms with van der Waals surface area (Å²) < 4.78 is 0. The van der Waals surface area contributed by atoms with Crippen molar-refractivity contribution in [2.24, 2.45) is 0 Å². The van der Waals surface area contributed by atoms with Crippen LogP contribution in [0.15, 0.2) is 91.1 Å². The molecule has 0 spiro atoms. The number of Topliss-reactive ketones (excluding diaryl/α,β-unsaturated/α-hetero) is 1. The van der Waals surface area contributed by atoms with Gasteiger partial charge in [-0.2, -0.15) is 0 Å². The standard InChI is InChI=1S/C34H36N6O5/c1-22(2)37-30(41)18-17-27(31(42)34(45)36-20-24-13-7-4-8-14-24)39-32(43)28(19-23-11-5-3-6-12-23)40-33(44)29-21-35-25-15-9-10-16-26(25)38-29/h3-16,21-22,27-28H,17-20H2,1-2H3,(H,36,45)(H,37,41)(H,39,43)(H,40,44)/t27-,28-/m0/s1. The van der Waals surface area contributed by atoms with Gasteiger partial charge in [0.25, 0.3) is 11.8 Å². The lowest BCUT2D eigenvalue weighted by Gasteiger charge is -2.23. The number of nitrogens with one attached hydrogen (secondary N) is 4. The molecule has 0 saturated heterocycles. The Labute approximate surface area is 261 Å². The quantitative estimate of drug-likeness (QED) is 0.160. The maximum Gasteiger partial charge on any atom is 0.289 e. The van der Waals surface area contributed by atoms with E-state index in [2.05, 4.69) is 31.2 Å². The number of benzene rings is 3. The van der Waals surface area contributed by atoms with Crippen molar-refractivity contribution >= 4 is 40.4 Å². The Morgan fingerprint density at radius 3 is 2.00 bits per heavy atom. The Morgan fingerprint density at radius 1 is 0.711 bits per heavy atom. The van der Waals surface area contributed by atoms with Gasteiger partial charge in [0, 0.05) is 25.4 Å². The van der Waals surface area contributed by atoms with Gasteiger partial charge in [0.05, 0.1) is 23.3 Å². The second-order valence-electron chi connectivity index (χ2n) is 10.8. The minimum absolute atomic E-state index is 0.0119. The maximum atomic E-state index is 13.7. The zero-order valence-corrected chi connectivity index (χ0v) is 25.2. The second-order valence-corrected chi connectivity index (χ2v) is 10.8. The molecule has 2 atom stereocenters. The monoisotopic (exact) mass is 608 g/mol. The molecule has 3 aromatic carbocycles. The van der Waals surface area contributed by atoms with Gasteiger partial charge in [-0.1, -0.05) is 72.8 Å². The molecule has 11 nitrogen and oxygen atoms in total. The molecule has 0 aliphatic rings. The third-order valence-electron chi connectivity index (χ3n) is 6.85. The van der Waals surface area contributed by atoms with Crippen molar-refractivity contribution in [1.82, 2.24) is 31.2 Å². The summed E-state index contributed by atoms with van der Waals surface area (Å²) in [5, 5.41) is 10.7. The van der Waals surface area contributed by atoms with Crippen LogP contribution in [0.4, 0.5) is 0 Å². The van der Waals surface area contributed by atoms with Gasteiger partial charge < -0.3 is 21.3 Å². The fourth-order valence-corrected chi connectivity index (χ4v) is 4.59. The summed E-state index contributed by atoms with van der Waals surface area (Å²) in [5.41, 5.74) is 2.68. The zero-order chi connectivity index (χ0) is 32.2. The summed E-state index contributed by atoms with van der Waals surface area (Å²) in [6.07, 6.45) is 1.19. The summed E-state index contributed by atoms with van der Waals surface area (Å²) in [6.45, 7) is 3.71. The minimum Gasteiger partial charge on any atom is -0.354 e. The van der Waals surface area contributed by atoms with E-state index in [0.717, 1.165) is 11.1 Å². The predicted octanol–water partition coefficient (Wildman–Crippen LogP) is 2.65. The molecule has 0 aliphatic carbocycles. The number of carbonyl (C=O) groups is 5. The molecule has 0 radical (unpaired) electrons. The van der Waals surface area contributed by atoms with Crippen LogP contribution < -0.4 is 21.3 Å². The van der Waals surface area contributed by atoms with Gasteiger partial charge in [-0.3, -0.25) is 29.0 Å². The van der Waals surface area contributed by atoms with Crippen molar-refractivity contribution in [3.63, 3.8) is 0 Å². The first-order valence-electron chi connectivity index (χ1n) is 14.7. The highest BCUT2D eigenvalue weighted by molar-refractivity contribution is 6.38. The van der Waals surface area contributed by atoms with Crippen molar-refractivity contribution in [3.05, 3.63) is 108 Å². The third kappa shape index (κ3) is 9.78. The molecule has 45 heavy (non-hydrogen) atoms. The van der Waals surface area contributed by atoms with E-state index in [1.54, 1.807) is 68.4 Å². The van der Waals surface area contributed by atoms with Crippen molar-refractivity contribution in [2.75, 3.05) is 0 Å². The molecule has 0 unspecified atom stereocenters. The fourth-order valence-electron chi connectivity index (χ4n) is 4.59. The molecule has 4 rings (SSSR count). The third-order valence-corrected chi connectivity index (χ3v) is 6.85. The molecule has 1 aromatic heterocycles. The molecular formula is C34H36N6O5. The first-order valence-corrected chi connectivity index (χ1v) is 14.7. The number of ketones is 1. The Bertz CT molecular complexity index is 1640. The topological polar surface area (TPSA) is 159 Å². The van der Waals surface area contributed by atoms with Gasteiger partial charge in [0.2, 0.25) is 17.6 Å². The number of amides is 4. The summed E-state index contributed by atoms with van der Waals surface area (Å²) in [6, 6.07) is 22.6. The molecular weight excluding hydrogens is 572 g/mol. The largest absolute Gasteiger partial charge is 0.354 e. The number of fused-ring (bicyclic) bond motifs is 1. The number of hydrogen-bond donors (Lipinski definition) is 4. The number of hydrogen-bond acceptors (Lipinski definition) is 7. The lowest BCUT2D eigenvalue weighted by atomic mass is 10.0. The van der Waals surface area contributed by atoms with Gasteiger partial charge in [0.15, 0.2) is 0 Å². The van der Waals surface area contributed by atoms with Gasteiger partial charge in [-0.15, -0.1) is 0 Å². The van der Waals surface area contributed by atoms with Gasteiger partial charge in [-0.25, -0.2) is 4.98 Å². The molecule has 0 saturated carbocycles. The molecule has 232 valence electrons. The first kappa shape index (κ1) is 32.5. The molecule has 4 amide bonds. The highest BCUT2D eigenvalue weighted by atomic mass is 16.2. The predicted molar refractivity (Wildman–Crippen MR) is 169 cm³/mol. The summed E-state index contributed by atoms with van der Waals surface area (Å²) >= 11 is 0. The number of rotatable bonds is 14. The van der Waals surface area contributed by atoms with E-state index in [-0.39, 0.29) is 43.5 Å². The molecule has 0 bridgehead atoms. The van der Waals surface area contributed by atoms with Crippen LogP contribution in [0.1, 0.15) is 48.3 Å². The van der Waals surface area contributed by atoms with E-state index >= 15 is 0 Å². The van der Waals surface area contributed by atoms with Crippen LogP contribution in [0.5, 0.6) is 0 Å². The van der Waals surface area contributed by atoms with E-state index in [9.17, 15) is 24.0 Å². The minimum atomic E-state index is -1.32. The Morgan fingerprint density at radius 2 is 1.33 bits per heavy atom. The molecule has 1 heterocycles. The summed E-state index contributed by atoms with van der Waals surface area (Å²) in [4.78, 5) is 74.3. The van der Waals surface area contributed by atoms with E-state index in [1.165, 1.54) is 6.20 Å². The lowest BCUT2D eigenvalue weighted by molar-refractivity contribution is -0.140. The molecule has 0 aliphatic heterocycles. The Balaban J connectivity index is 1.53. The van der Waals surface area contributed by atoms with E-state index in [1.807, 2.05) is 30.3 Å². The molecule has 11 heteroatoms. The van der Waals surface area contributed by atoms with E-state index in [4.69, 9.17) is 0 Å². The number of nitrogens with zero attached hydrogens (tertiary/aromatic N) is 2. The summed E-state index contributed by atoms with van der Waals surface area (Å²) in [7, 11) is 0. The highest BCUT2D eigenvalue weighted by Gasteiger charge is 2.31. The van der Waals surface area contributed by atoms with Crippen molar-refractivity contribution in [2.45, 2.75) is 57.8 Å². The maximum absolute atomic E-state index is 13.7. The van der Waals surface area contributed by atoms with Crippen LogP contribution in [-0.4, -0.2) is 57.5 Å². The van der Waals surface area contributed by atoms with Crippen molar-refractivity contribution in [1.29, 1.82) is 0 Å².